The van der Waals surface area contributed by atoms with Gasteiger partial charge in [-0.1, -0.05) is 0 Å². The Morgan fingerprint density at radius 1 is 1.70 bits per heavy atom. The maximum atomic E-state index is 10.8. The standard InChI is InChI=1S/C6H12ClNO2/c1-4(3-9)8-6(10)5(2)7/h4-5,9H,3H2,1-2H3,(H,8,10)/t4-,5?/m0/s1. The quantitative estimate of drug-likeness (QED) is 0.584. The van der Waals surface area contributed by atoms with E-state index in [-0.39, 0.29) is 18.6 Å². The van der Waals surface area contributed by atoms with Gasteiger partial charge in [-0.2, -0.15) is 0 Å². The Morgan fingerprint density at radius 3 is 2.50 bits per heavy atom. The maximum absolute atomic E-state index is 10.8. The van der Waals surface area contributed by atoms with E-state index in [0.29, 0.717) is 0 Å². The number of amides is 1. The van der Waals surface area contributed by atoms with Gasteiger partial charge in [-0.15, -0.1) is 11.6 Å². The molecule has 0 aromatic carbocycles. The van der Waals surface area contributed by atoms with Crippen molar-refractivity contribution >= 4 is 17.5 Å². The van der Waals surface area contributed by atoms with Gasteiger partial charge in [-0.05, 0) is 13.8 Å². The zero-order valence-electron chi connectivity index (χ0n) is 6.10. The summed E-state index contributed by atoms with van der Waals surface area (Å²) in [6.45, 7) is 3.23. The highest BCUT2D eigenvalue weighted by molar-refractivity contribution is 6.30. The van der Waals surface area contributed by atoms with E-state index in [1.807, 2.05) is 0 Å². The Morgan fingerprint density at radius 2 is 2.20 bits per heavy atom. The summed E-state index contributed by atoms with van der Waals surface area (Å²) in [5.41, 5.74) is 0. The minimum Gasteiger partial charge on any atom is -0.394 e. The zero-order valence-corrected chi connectivity index (χ0v) is 6.85. The molecule has 4 heteroatoms. The molecule has 1 amide bonds. The molecule has 1 unspecified atom stereocenters. The van der Waals surface area contributed by atoms with E-state index in [2.05, 4.69) is 5.32 Å². The molecule has 0 saturated heterocycles. The van der Waals surface area contributed by atoms with E-state index >= 15 is 0 Å². The lowest BCUT2D eigenvalue weighted by Gasteiger charge is -2.11. The minimum absolute atomic E-state index is 0.0602. The van der Waals surface area contributed by atoms with Crippen LogP contribution in [0.2, 0.25) is 0 Å². The van der Waals surface area contributed by atoms with E-state index in [0.717, 1.165) is 0 Å². The number of rotatable bonds is 3. The molecule has 0 aromatic rings. The zero-order chi connectivity index (χ0) is 8.15. The molecule has 60 valence electrons. The largest absolute Gasteiger partial charge is 0.394 e. The number of carbonyl (C=O) groups excluding carboxylic acids is 1. The smallest absolute Gasteiger partial charge is 0.238 e. The maximum Gasteiger partial charge on any atom is 0.238 e. The molecule has 0 aromatic heterocycles. The summed E-state index contributed by atoms with van der Waals surface area (Å²) in [6, 6.07) is -0.214. The van der Waals surface area contributed by atoms with Gasteiger partial charge in [0.25, 0.3) is 0 Å². The molecule has 0 spiro atoms. The Balaban J connectivity index is 3.57. The van der Waals surface area contributed by atoms with Gasteiger partial charge in [-0.25, -0.2) is 0 Å². The van der Waals surface area contributed by atoms with E-state index in [1.54, 1.807) is 13.8 Å². The van der Waals surface area contributed by atoms with Crippen molar-refractivity contribution in [3.8, 4) is 0 Å². The monoisotopic (exact) mass is 165 g/mol. The molecule has 3 nitrogen and oxygen atoms in total. The Labute approximate surface area is 65.4 Å². The normalized spacial score (nSPS) is 16.0. The van der Waals surface area contributed by atoms with Gasteiger partial charge in [0.15, 0.2) is 0 Å². The van der Waals surface area contributed by atoms with Crippen molar-refractivity contribution in [2.45, 2.75) is 25.3 Å². The second-order valence-corrected chi connectivity index (χ2v) is 2.86. The van der Waals surface area contributed by atoms with Gasteiger partial charge in [0.2, 0.25) is 5.91 Å². The first-order valence-electron chi connectivity index (χ1n) is 3.13. The Kier molecular flexibility index (Phi) is 4.40. The number of carbonyl (C=O) groups is 1. The summed E-state index contributed by atoms with van der Waals surface area (Å²) in [4.78, 5) is 10.8. The molecule has 0 aliphatic rings. The second-order valence-electron chi connectivity index (χ2n) is 2.21. The molecule has 0 rings (SSSR count). The highest BCUT2D eigenvalue weighted by Gasteiger charge is 2.10. The summed E-state index contributed by atoms with van der Waals surface area (Å²) in [5.74, 6) is -0.247. The lowest BCUT2D eigenvalue weighted by atomic mass is 10.3. The van der Waals surface area contributed by atoms with Crippen molar-refractivity contribution in [1.29, 1.82) is 0 Å². The van der Waals surface area contributed by atoms with E-state index in [4.69, 9.17) is 16.7 Å². The van der Waals surface area contributed by atoms with Gasteiger partial charge in [0.1, 0.15) is 5.38 Å². The molecule has 0 fully saturated rings. The van der Waals surface area contributed by atoms with E-state index in [1.165, 1.54) is 0 Å². The summed E-state index contributed by atoms with van der Waals surface area (Å²) < 4.78 is 0. The average Bonchev–Trinajstić information content (AvgIpc) is 1.87. The first-order chi connectivity index (χ1) is 4.57. The molecule has 2 N–H and O–H groups in total. The van der Waals surface area contributed by atoms with Crippen LogP contribution in [0.15, 0.2) is 0 Å². The van der Waals surface area contributed by atoms with Crippen LogP contribution in [0.25, 0.3) is 0 Å². The van der Waals surface area contributed by atoms with E-state index < -0.39 is 5.38 Å². The predicted octanol–water partition coefficient (Wildman–Crippen LogP) is 0.111. The van der Waals surface area contributed by atoms with Crippen LogP contribution in [0.1, 0.15) is 13.8 Å². The topological polar surface area (TPSA) is 49.3 Å². The number of halogens is 1. The minimum atomic E-state index is -0.533. The third-order valence-corrected chi connectivity index (χ3v) is 1.22. The number of nitrogens with one attached hydrogen (secondary N) is 1. The molecule has 2 atom stereocenters. The molecule has 0 aliphatic carbocycles. The van der Waals surface area contributed by atoms with Crippen molar-refractivity contribution in [1.82, 2.24) is 5.32 Å². The second kappa shape index (κ2) is 4.52. The Hall–Kier alpha value is -0.280. The fourth-order valence-electron chi connectivity index (χ4n) is 0.403. The Bertz CT molecular complexity index is 116. The molecule has 0 saturated carbocycles. The SMILES string of the molecule is CC(Cl)C(=O)N[C@@H](C)CO. The van der Waals surface area contributed by atoms with Crippen molar-refractivity contribution < 1.29 is 9.90 Å². The first kappa shape index (κ1) is 9.72. The predicted molar refractivity (Wildman–Crippen MR) is 40.0 cm³/mol. The molecule has 0 heterocycles. The number of aliphatic hydroxyl groups is 1. The van der Waals surface area contributed by atoms with Gasteiger partial charge in [-0.3, -0.25) is 4.79 Å². The molecular formula is C6H12ClNO2. The third kappa shape index (κ3) is 3.69. The lowest BCUT2D eigenvalue weighted by molar-refractivity contribution is -0.121. The molecule has 0 radical (unpaired) electrons. The fraction of sp³-hybridized carbons (Fsp3) is 0.833. The van der Waals surface area contributed by atoms with E-state index in [9.17, 15) is 4.79 Å². The van der Waals surface area contributed by atoms with Gasteiger partial charge in [0, 0.05) is 6.04 Å². The van der Waals surface area contributed by atoms with Crippen LogP contribution in [-0.2, 0) is 4.79 Å². The van der Waals surface area contributed by atoms with Gasteiger partial charge in [0.05, 0.1) is 6.61 Å². The number of hydrogen-bond donors (Lipinski definition) is 2. The highest BCUT2D eigenvalue weighted by atomic mass is 35.5. The molecular weight excluding hydrogens is 154 g/mol. The van der Waals surface area contributed by atoms with Crippen molar-refractivity contribution in [3.63, 3.8) is 0 Å². The summed E-state index contributed by atoms with van der Waals surface area (Å²) in [5, 5.41) is 10.5. The van der Waals surface area contributed by atoms with Crippen LogP contribution < -0.4 is 5.32 Å². The fourth-order valence-corrected chi connectivity index (χ4v) is 0.466. The van der Waals surface area contributed by atoms with Crippen LogP contribution >= 0.6 is 11.6 Å². The van der Waals surface area contributed by atoms with Crippen molar-refractivity contribution in [3.05, 3.63) is 0 Å². The molecule has 0 aliphatic heterocycles. The highest BCUT2D eigenvalue weighted by Crippen LogP contribution is 1.93. The average molecular weight is 166 g/mol. The van der Waals surface area contributed by atoms with Crippen LogP contribution in [0.3, 0.4) is 0 Å². The van der Waals surface area contributed by atoms with Crippen LogP contribution in [0, 0.1) is 0 Å². The summed E-state index contributed by atoms with van der Waals surface area (Å²) >= 11 is 5.44. The van der Waals surface area contributed by atoms with Crippen LogP contribution in [0.5, 0.6) is 0 Å². The third-order valence-electron chi connectivity index (χ3n) is 1.02. The number of aliphatic hydroxyl groups excluding tert-OH is 1. The van der Waals surface area contributed by atoms with Crippen LogP contribution in [0.4, 0.5) is 0 Å². The van der Waals surface area contributed by atoms with Gasteiger partial charge < -0.3 is 10.4 Å². The number of hydrogen-bond acceptors (Lipinski definition) is 2. The molecule has 0 bridgehead atoms. The van der Waals surface area contributed by atoms with Gasteiger partial charge >= 0.3 is 0 Å². The lowest BCUT2D eigenvalue weighted by Crippen LogP contribution is -2.38. The van der Waals surface area contributed by atoms with Crippen molar-refractivity contribution in [2.75, 3.05) is 6.61 Å². The van der Waals surface area contributed by atoms with Crippen LogP contribution in [-0.4, -0.2) is 29.0 Å². The molecule has 10 heavy (non-hydrogen) atoms. The summed E-state index contributed by atoms with van der Waals surface area (Å²) in [6.07, 6.45) is 0. The summed E-state index contributed by atoms with van der Waals surface area (Å²) in [7, 11) is 0. The van der Waals surface area contributed by atoms with Crippen molar-refractivity contribution in [2.24, 2.45) is 0 Å². The number of alkyl halides is 1. The first-order valence-corrected chi connectivity index (χ1v) is 3.57.